The number of aryl methyl sites for hydroxylation is 2. The van der Waals surface area contributed by atoms with Gasteiger partial charge >= 0.3 is 0 Å². The molecular weight excluding hydrogens is 226 g/mol. The minimum Gasteiger partial charge on any atom is -0.383 e. The number of rotatable bonds is 6. The Balaban J connectivity index is 2.59. The lowest BCUT2D eigenvalue weighted by atomic mass is 10.1. The van der Waals surface area contributed by atoms with Gasteiger partial charge in [0.1, 0.15) is 5.15 Å². The van der Waals surface area contributed by atoms with Crippen LogP contribution in [0, 0.1) is 6.92 Å². The van der Waals surface area contributed by atoms with E-state index in [2.05, 4.69) is 10.4 Å². The molecule has 1 rings (SSSR count). The van der Waals surface area contributed by atoms with Crippen LogP contribution < -0.4 is 5.32 Å². The van der Waals surface area contributed by atoms with E-state index in [1.807, 2.05) is 21.0 Å². The number of hydrogen-bond donors (Lipinski definition) is 1. The number of halogens is 1. The van der Waals surface area contributed by atoms with Gasteiger partial charge in [0.15, 0.2) is 0 Å². The molecule has 1 aromatic rings. The molecule has 0 amide bonds. The molecule has 1 N–H and O–H groups in total. The topological polar surface area (TPSA) is 39.1 Å². The minimum atomic E-state index is 0.362. The van der Waals surface area contributed by atoms with Gasteiger partial charge < -0.3 is 10.1 Å². The first-order valence-corrected chi connectivity index (χ1v) is 5.82. The second kappa shape index (κ2) is 6.23. The highest BCUT2D eigenvalue weighted by atomic mass is 35.5. The zero-order valence-corrected chi connectivity index (χ0v) is 11.1. The summed E-state index contributed by atoms with van der Waals surface area (Å²) in [4.78, 5) is 0. The number of hydrogen-bond acceptors (Lipinski definition) is 3. The molecule has 16 heavy (non-hydrogen) atoms. The smallest absolute Gasteiger partial charge is 0.130 e. The third-order valence-electron chi connectivity index (χ3n) is 2.79. The lowest BCUT2D eigenvalue weighted by Gasteiger charge is -2.14. The van der Waals surface area contributed by atoms with E-state index in [1.165, 1.54) is 0 Å². The van der Waals surface area contributed by atoms with Crippen molar-refractivity contribution in [2.75, 3.05) is 20.8 Å². The largest absolute Gasteiger partial charge is 0.383 e. The molecule has 1 heterocycles. The standard InChI is InChI=1S/C11H20ClN3O/c1-8-10(11(12)15(3)14-8)6-5-9(13-2)7-16-4/h9,13H,5-7H2,1-4H3. The van der Waals surface area contributed by atoms with Gasteiger partial charge in [0.05, 0.1) is 12.3 Å². The maximum atomic E-state index is 6.17. The molecule has 1 atom stereocenters. The minimum absolute atomic E-state index is 0.362. The Hall–Kier alpha value is -0.580. The highest BCUT2D eigenvalue weighted by Gasteiger charge is 2.13. The van der Waals surface area contributed by atoms with Gasteiger partial charge in [-0.2, -0.15) is 5.10 Å². The normalized spacial score (nSPS) is 13.1. The summed E-state index contributed by atoms with van der Waals surface area (Å²) in [6, 6.07) is 0.362. The quantitative estimate of drug-likeness (QED) is 0.827. The summed E-state index contributed by atoms with van der Waals surface area (Å²) in [5.74, 6) is 0. The summed E-state index contributed by atoms with van der Waals surface area (Å²) in [5.41, 5.74) is 2.15. The van der Waals surface area contributed by atoms with Crippen LogP contribution in [0.25, 0.3) is 0 Å². The highest BCUT2D eigenvalue weighted by Crippen LogP contribution is 2.20. The third-order valence-corrected chi connectivity index (χ3v) is 3.26. The van der Waals surface area contributed by atoms with Gasteiger partial charge in [-0.1, -0.05) is 11.6 Å². The molecule has 5 heteroatoms. The average Bonchev–Trinajstić information content (AvgIpc) is 2.49. The van der Waals surface area contributed by atoms with E-state index in [0.29, 0.717) is 12.6 Å². The van der Waals surface area contributed by atoms with Crippen LogP contribution >= 0.6 is 11.6 Å². The fourth-order valence-corrected chi connectivity index (χ4v) is 2.06. The van der Waals surface area contributed by atoms with Crippen LogP contribution in [-0.2, 0) is 18.2 Å². The van der Waals surface area contributed by atoms with Crippen LogP contribution in [0.4, 0.5) is 0 Å². The first-order valence-electron chi connectivity index (χ1n) is 5.44. The van der Waals surface area contributed by atoms with Crippen molar-refractivity contribution in [2.45, 2.75) is 25.8 Å². The van der Waals surface area contributed by atoms with Gasteiger partial charge in [-0.3, -0.25) is 4.68 Å². The van der Waals surface area contributed by atoms with Crippen molar-refractivity contribution in [3.8, 4) is 0 Å². The fourth-order valence-electron chi connectivity index (χ4n) is 1.79. The lowest BCUT2D eigenvalue weighted by Crippen LogP contribution is -2.30. The second-order valence-corrected chi connectivity index (χ2v) is 4.32. The van der Waals surface area contributed by atoms with Crippen molar-refractivity contribution in [2.24, 2.45) is 7.05 Å². The van der Waals surface area contributed by atoms with E-state index in [4.69, 9.17) is 16.3 Å². The number of nitrogens with zero attached hydrogens (tertiary/aromatic N) is 2. The molecule has 0 saturated heterocycles. The van der Waals surface area contributed by atoms with Crippen LogP contribution in [-0.4, -0.2) is 36.6 Å². The molecule has 1 aromatic heterocycles. The van der Waals surface area contributed by atoms with Crippen molar-refractivity contribution < 1.29 is 4.74 Å². The Kier molecular flexibility index (Phi) is 5.25. The van der Waals surface area contributed by atoms with Crippen molar-refractivity contribution >= 4 is 11.6 Å². The molecule has 0 aliphatic carbocycles. The van der Waals surface area contributed by atoms with Crippen molar-refractivity contribution in [1.29, 1.82) is 0 Å². The Labute approximate surface area is 102 Å². The third kappa shape index (κ3) is 3.20. The second-order valence-electron chi connectivity index (χ2n) is 3.96. The summed E-state index contributed by atoms with van der Waals surface area (Å²) in [6.07, 6.45) is 1.92. The van der Waals surface area contributed by atoms with Crippen molar-refractivity contribution in [3.63, 3.8) is 0 Å². The predicted octanol–water partition coefficient (Wildman–Crippen LogP) is 1.55. The number of ether oxygens (including phenoxy) is 1. The molecule has 1 unspecified atom stereocenters. The summed E-state index contributed by atoms with van der Waals surface area (Å²) in [6.45, 7) is 2.71. The number of methoxy groups -OCH3 is 1. The number of likely N-dealkylation sites (N-methyl/N-ethyl adjacent to an activating group) is 1. The molecular formula is C11H20ClN3O. The van der Waals surface area contributed by atoms with Crippen LogP contribution in [0.2, 0.25) is 5.15 Å². The maximum Gasteiger partial charge on any atom is 0.130 e. The Morgan fingerprint density at radius 1 is 1.56 bits per heavy atom. The first kappa shape index (κ1) is 13.5. The highest BCUT2D eigenvalue weighted by molar-refractivity contribution is 6.30. The molecule has 0 aromatic carbocycles. The number of aromatic nitrogens is 2. The number of nitrogens with one attached hydrogen (secondary N) is 1. The van der Waals surface area contributed by atoms with E-state index < -0.39 is 0 Å². The molecule has 0 bridgehead atoms. The summed E-state index contributed by atoms with van der Waals surface area (Å²) in [5, 5.41) is 8.26. The molecule has 92 valence electrons. The lowest BCUT2D eigenvalue weighted by molar-refractivity contribution is 0.166. The van der Waals surface area contributed by atoms with Gasteiger partial charge in [0, 0.05) is 25.8 Å². The van der Waals surface area contributed by atoms with Gasteiger partial charge in [-0.25, -0.2) is 0 Å². The Bertz CT molecular complexity index is 338. The maximum absolute atomic E-state index is 6.17. The molecule has 0 radical (unpaired) electrons. The molecule has 0 aliphatic rings. The van der Waals surface area contributed by atoms with Gasteiger partial charge in [-0.15, -0.1) is 0 Å². The van der Waals surface area contributed by atoms with E-state index in [-0.39, 0.29) is 0 Å². The zero-order valence-electron chi connectivity index (χ0n) is 10.4. The van der Waals surface area contributed by atoms with Crippen LogP contribution in [0.3, 0.4) is 0 Å². The van der Waals surface area contributed by atoms with E-state index in [9.17, 15) is 0 Å². The van der Waals surface area contributed by atoms with Crippen molar-refractivity contribution in [3.05, 3.63) is 16.4 Å². The molecule has 0 saturated carbocycles. The fraction of sp³-hybridized carbons (Fsp3) is 0.727. The van der Waals surface area contributed by atoms with Crippen LogP contribution in [0.1, 0.15) is 17.7 Å². The molecule has 0 spiro atoms. The summed E-state index contributed by atoms with van der Waals surface area (Å²) >= 11 is 6.17. The summed E-state index contributed by atoms with van der Waals surface area (Å²) in [7, 11) is 5.53. The Morgan fingerprint density at radius 2 is 2.25 bits per heavy atom. The van der Waals surface area contributed by atoms with E-state index in [0.717, 1.165) is 29.3 Å². The SMILES string of the molecule is CNC(CCc1c(C)nn(C)c1Cl)COC. The zero-order chi connectivity index (χ0) is 12.1. The molecule has 0 aliphatic heterocycles. The average molecular weight is 246 g/mol. The molecule has 4 nitrogen and oxygen atoms in total. The van der Waals surface area contributed by atoms with E-state index >= 15 is 0 Å². The predicted molar refractivity (Wildman–Crippen MR) is 66.0 cm³/mol. The van der Waals surface area contributed by atoms with Crippen LogP contribution in [0.5, 0.6) is 0 Å². The van der Waals surface area contributed by atoms with Gasteiger partial charge in [-0.05, 0) is 26.8 Å². The van der Waals surface area contributed by atoms with Gasteiger partial charge in [0.25, 0.3) is 0 Å². The van der Waals surface area contributed by atoms with Gasteiger partial charge in [0.2, 0.25) is 0 Å². The van der Waals surface area contributed by atoms with Crippen LogP contribution in [0.15, 0.2) is 0 Å². The van der Waals surface area contributed by atoms with E-state index in [1.54, 1.807) is 11.8 Å². The molecule has 0 fully saturated rings. The Morgan fingerprint density at radius 3 is 2.69 bits per heavy atom. The monoisotopic (exact) mass is 245 g/mol. The van der Waals surface area contributed by atoms with Crippen molar-refractivity contribution in [1.82, 2.24) is 15.1 Å². The first-order chi connectivity index (χ1) is 7.60. The summed E-state index contributed by atoms with van der Waals surface area (Å²) < 4.78 is 6.85.